The van der Waals surface area contributed by atoms with Gasteiger partial charge in [-0.1, -0.05) is 25.5 Å². The van der Waals surface area contributed by atoms with Crippen LogP contribution in [0.25, 0.3) is 0 Å². The molecular formula is C15H21N3O3S. The molecule has 7 heteroatoms. The first-order valence-electron chi connectivity index (χ1n) is 7.15. The van der Waals surface area contributed by atoms with Crippen molar-refractivity contribution in [3.8, 4) is 0 Å². The van der Waals surface area contributed by atoms with Gasteiger partial charge >= 0.3 is 0 Å². The zero-order chi connectivity index (χ0) is 16.4. The van der Waals surface area contributed by atoms with E-state index >= 15 is 0 Å². The summed E-state index contributed by atoms with van der Waals surface area (Å²) in [6.45, 7) is 2.84. The third kappa shape index (κ3) is 6.62. The Hall–Kier alpha value is -2.02. The summed E-state index contributed by atoms with van der Waals surface area (Å²) >= 11 is 0.986. The number of thioether (sulfide) groups is 1. The van der Waals surface area contributed by atoms with Crippen LogP contribution in [-0.2, 0) is 4.79 Å². The minimum absolute atomic E-state index is 0.0819. The number of benzene rings is 1. The second-order valence-electron chi connectivity index (χ2n) is 4.64. The molecule has 6 nitrogen and oxygen atoms in total. The van der Waals surface area contributed by atoms with Crippen molar-refractivity contribution in [2.45, 2.75) is 31.1 Å². The number of nitrogens with one attached hydrogen (secondary N) is 2. The Bertz CT molecular complexity index is 535. The molecule has 0 aliphatic rings. The number of primary amides is 1. The van der Waals surface area contributed by atoms with E-state index in [4.69, 9.17) is 5.73 Å². The highest BCUT2D eigenvalue weighted by molar-refractivity contribution is 8.13. The van der Waals surface area contributed by atoms with Gasteiger partial charge in [0.1, 0.15) is 0 Å². The first-order chi connectivity index (χ1) is 10.5. The number of unbranched alkanes of at least 4 members (excludes halogenated alkanes) is 1. The van der Waals surface area contributed by atoms with E-state index in [0.29, 0.717) is 17.0 Å². The van der Waals surface area contributed by atoms with E-state index in [9.17, 15) is 14.4 Å². The van der Waals surface area contributed by atoms with Crippen molar-refractivity contribution < 1.29 is 14.4 Å². The summed E-state index contributed by atoms with van der Waals surface area (Å²) in [6.07, 6.45) is 2.00. The topological polar surface area (TPSA) is 101 Å². The van der Waals surface area contributed by atoms with Gasteiger partial charge in [0.2, 0.25) is 5.91 Å². The van der Waals surface area contributed by atoms with Gasteiger partial charge < -0.3 is 16.4 Å². The molecule has 0 unspecified atom stereocenters. The molecule has 1 aromatic carbocycles. The Balaban J connectivity index is 2.62. The average molecular weight is 323 g/mol. The molecular weight excluding hydrogens is 302 g/mol. The van der Waals surface area contributed by atoms with Gasteiger partial charge in [-0.3, -0.25) is 14.4 Å². The third-order valence-corrected chi connectivity index (χ3v) is 3.70. The van der Waals surface area contributed by atoms with Crippen molar-refractivity contribution in [1.82, 2.24) is 10.6 Å². The third-order valence-electron chi connectivity index (χ3n) is 2.79. The molecule has 3 amide bonds. The van der Waals surface area contributed by atoms with Crippen LogP contribution in [0.1, 0.15) is 36.5 Å². The molecule has 0 aliphatic heterocycles. The van der Waals surface area contributed by atoms with E-state index < -0.39 is 5.91 Å². The number of nitrogens with two attached hydrogens (primary N) is 1. The summed E-state index contributed by atoms with van der Waals surface area (Å²) in [6, 6.07) is 6.85. The fraction of sp³-hybridized carbons (Fsp3) is 0.400. The van der Waals surface area contributed by atoms with Crippen LogP contribution in [0.4, 0.5) is 4.79 Å². The first-order valence-corrected chi connectivity index (χ1v) is 7.97. The highest BCUT2D eigenvalue weighted by atomic mass is 32.2. The SMILES string of the molecule is CCCCNC(=O)Sc1ccccc1C(=O)NCCC(N)=O. The van der Waals surface area contributed by atoms with Crippen LogP contribution in [0.2, 0.25) is 0 Å². The van der Waals surface area contributed by atoms with Gasteiger partial charge in [-0.2, -0.15) is 0 Å². The molecule has 1 rings (SSSR count). The van der Waals surface area contributed by atoms with Gasteiger partial charge in [0.05, 0.1) is 5.56 Å². The van der Waals surface area contributed by atoms with E-state index in [1.165, 1.54) is 0 Å². The van der Waals surface area contributed by atoms with Gasteiger partial charge in [-0.25, -0.2) is 0 Å². The van der Waals surface area contributed by atoms with Crippen LogP contribution in [-0.4, -0.2) is 30.1 Å². The molecule has 0 atom stereocenters. The molecule has 120 valence electrons. The highest BCUT2D eigenvalue weighted by Gasteiger charge is 2.14. The minimum Gasteiger partial charge on any atom is -0.370 e. The van der Waals surface area contributed by atoms with Crippen LogP contribution in [0.3, 0.4) is 0 Å². The van der Waals surface area contributed by atoms with Crippen molar-refractivity contribution in [3.05, 3.63) is 29.8 Å². The van der Waals surface area contributed by atoms with E-state index in [2.05, 4.69) is 10.6 Å². The number of carbonyl (C=O) groups excluding carboxylic acids is 3. The molecule has 0 saturated carbocycles. The van der Waals surface area contributed by atoms with E-state index in [1.807, 2.05) is 6.92 Å². The standard InChI is InChI=1S/C15H21N3O3S/c1-2-3-9-18-15(21)22-12-7-5-4-6-11(12)14(20)17-10-8-13(16)19/h4-7H,2-3,8-10H2,1H3,(H2,16,19)(H,17,20)(H,18,21). The molecule has 0 bridgehead atoms. The van der Waals surface area contributed by atoms with Crippen molar-refractivity contribution >= 4 is 28.8 Å². The number of amides is 3. The van der Waals surface area contributed by atoms with Gasteiger partial charge in [0, 0.05) is 24.4 Å². The van der Waals surface area contributed by atoms with Crippen LogP contribution >= 0.6 is 11.8 Å². The Morgan fingerprint density at radius 2 is 1.86 bits per heavy atom. The van der Waals surface area contributed by atoms with E-state index in [0.717, 1.165) is 24.6 Å². The summed E-state index contributed by atoms with van der Waals surface area (Å²) < 4.78 is 0. The van der Waals surface area contributed by atoms with Crippen LogP contribution in [0, 0.1) is 0 Å². The lowest BCUT2D eigenvalue weighted by molar-refractivity contribution is -0.117. The molecule has 0 heterocycles. The molecule has 0 aliphatic carbocycles. The summed E-state index contributed by atoms with van der Waals surface area (Å²) in [4.78, 5) is 35.2. The van der Waals surface area contributed by atoms with Gasteiger partial charge in [-0.05, 0) is 30.3 Å². The number of hydrogen-bond donors (Lipinski definition) is 3. The zero-order valence-corrected chi connectivity index (χ0v) is 13.4. The highest BCUT2D eigenvalue weighted by Crippen LogP contribution is 2.23. The average Bonchev–Trinajstić information content (AvgIpc) is 2.47. The predicted octanol–water partition coefficient (Wildman–Crippen LogP) is 1.89. The van der Waals surface area contributed by atoms with Crippen molar-refractivity contribution in [2.75, 3.05) is 13.1 Å². The summed E-state index contributed by atoms with van der Waals surface area (Å²) in [5.74, 6) is -0.802. The largest absolute Gasteiger partial charge is 0.370 e. The lowest BCUT2D eigenvalue weighted by Gasteiger charge is -2.09. The van der Waals surface area contributed by atoms with Crippen molar-refractivity contribution in [1.29, 1.82) is 0 Å². The maximum Gasteiger partial charge on any atom is 0.283 e. The van der Waals surface area contributed by atoms with Crippen molar-refractivity contribution in [2.24, 2.45) is 5.73 Å². The minimum atomic E-state index is -0.474. The maximum atomic E-state index is 12.1. The normalized spacial score (nSPS) is 10.0. The Morgan fingerprint density at radius 3 is 2.55 bits per heavy atom. The first kappa shape index (κ1) is 18.0. The summed E-state index contributed by atoms with van der Waals surface area (Å²) in [7, 11) is 0. The molecule has 1 aromatic rings. The Kier molecular flexibility index (Phi) is 8.06. The number of carbonyl (C=O) groups is 3. The molecule has 0 saturated heterocycles. The molecule has 22 heavy (non-hydrogen) atoms. The second-order valence-corrected chi connectivity index (χ2v) is 5.65. The molecule has 0 fully saturated rings. The molecule has 0 aromatic heterocycles. The molecule has 0 radical (unpaired) electrons. The van der Waals surface area contributed by atoms with E-state index in [1.54, 1.807) is 24.3 Å². The van der Waals surface area contributed by atoms with Crippen LogP contribution in [0.15, 0.2) is 29.2 Å². The second kappa shape index (κ2) is 9.83. The van der Waals surface area contributed by atoms with E-state index in [-0.39, 0.29) is 24.1 Å². The Morgan fingerprint density at radius 1 is 1.14 bits per heavy atom. The zero-order valence-electron chi connectivity index (χ0n) is 12.6. The van der Waals surface area contributed by atoms with Crippen LogP contribution in [0.5, 0.6) is 0 Å². The quantitative estimate of drug-likeness (QED) is 0.502. The smallest absolute Gasteiger partial charge is 0.283 e. The molecule has 0 spiro atoms. The summed E-state index contributed by atoms with van der Waals surface area (Å²) in [5.41, 5.74) is 5.43. The van der Waals surface area contributed by atoms with Crippen molar-refractivity contribution in [3.63, 3.8) is 0 Å². The fourth-order valence-electron chi connectivity index (χ4n) is 1.64. The lowest BCUT2D eigenvalue weighted by Crippen LogP contribution is -2.28. The van der Waals surface area contributed by atoms with Crippen LogP contribution < -0.4 is 16.4 Å². The van der Waals surface area contributed by atoms with Gasteiger partial charge in [0.15, 0.2) is 0 Å². The monoisotopic (exact) mass is 323 g/mol. The predicted molar refractivity (Wildman–Crippen MR) is 86.8 cm³/mol. The van der Waals surface area contributed by atoms with Gasteiger partial charge in [-0.15, -0.1) is 0 Å². The fourth-order valence-corrected chi connectivity index (χ4v) is 2.43. The number of rotatable bonds is 8. The summed E-state index contributed by atoms with van der Waals surface area (Å²) in [5, 5.41) is 5.21. The number of hydrogen-bond acceptors (Lipinski definition) is 4. The Labute approximate surface area is 134 Å². The lowest BCUT2D eigenvalue weighted by atomic mass is 10.2. The molecule has 4 N–H and O–H groups in total. The van der Waals surface area contributed by atoms with Gasteiger partial charge in [0.25, 0.3) is 11.1 Å². The maximum absolute atomic E-state index is 12.1.